The molecule has 1 saturated heterocycles. The van der Waals surface area contributed by atoms with Gasteiger partial charge in [-0.05, 0) is 54.0 Å². The molecule has 4 rings (SSSR count). The third kappa shape index (κ3) is 8.90. The van der Waals surface area contributed by atoms with Crippen molar-refractivity contribution in [1.82, 2.24) is 4.90 Å². The van der Waals surface area contributed by atoms with Crippen molar-refractivity contribution in [3.63, 3.8) is 0 Å². The molecule has 1 aliphatic heterocycles. The summed E-state index contributed by atoms with van der Waals surface area (Å²) in [4.78, 5) is 43.8. The highest BCUT2D eigenvalue weighted by Gasteiger charge is 2.25. The molecule has 0 aliphatic carbocycles. The fraction of sp³-hybridized carbons (Fsp3) is 0.333. The monoisotopic (exact) mass is 540 g/mol. The van der Waals surface area contributed by atoms with Gasteiger partial charge in [0.2, 0.25) is 11.8 Å². The lowest BCUT2D eigenvalue weighted by atomic mass is 9.93. The second-order valence-corrected chi connectivity index (χ2v) is 10.1. The minimum absolute atomic E-state index is 0.0824. The van der Waals surface area contributed by atoms with E-state index < -0.39 is 5.97 Å². The Bertz CT molecular complexity index is 1280. The van der Waals surface area contributed by atoms with Crippen LogP contribution in [0.1, 0.15) is 42.4 Å². The predicted molar refractivity (Wildman–Crippen MR) is 154 cm³/mol. The quantitative estimate of drug-likeness (QED) is 0.246. The van der Waals surface area contributed by atoms with E-state index >= 15 is 0 Å². The highest BCUT2D eigenvalue weighted by Crippen LogP contribution is 2.22. The number of ether oxygens (including phenoxy) is 2. The Labute approximate surface area is 235 Å². The third-order valence-electron chi connectivity index (χ3n) is 7.12. The summed E-state index contributed by atoms with van der Waals surface area (Å²) in [7, 11) is 1.29. The molecule has 3 aromatic rings. The number of piperidine rings is 1. The Morgan fingerprint density at radius 2 is 1.45 bits per heavy atom. The maximum atomic E-state index is 12.8. The molecule has 0 N–H and O–H groups in total. The Hall–Kier alpha value is -4.26. The summed E-state index contributed by atoms with van der Waals surface area (Å²) in [6, 6.07) is 27.3. The zero-order valence-corrected chi connectivity index (χ0v) is 23.0. The van der Waals surface area contributed by atoms with Crippen LogP contribution in [0.15, 0.2) is 89.9 Å². The molecular weight excluding hydrogens is 504 g/mol. The first kappa shape index (κ1) is 28.7. The number of carbonyl (C=O) groups is 3. The first-order chi connectivity index (χ1) is 19.5. The minimum Gasteiger partial charge on any atom is -0.489 e. The van der Waals surface area contributed by atoms with Crippen molar-refractivity contribution < 1.29 is 23.9 Å². The van der Waals surface area contributed by atoms with E-state index in [1.165, 1.54) is 7.11 Å². The van der Waals surface area contributed by atoms with Gasteiger partial charge in [-0.15, -0.1) is 0 Å². The number of likely N-dealkylation sites (tertiary alicyclic amines) is 1. The first-order valence-corrected chi connectivity index (χ1v) is 13.8. The summed E-state index contributed by atoms with van der Waals surface area (Å²) in [5.41, 5.74) is 3.14. The lowest BCUT2D eigenvalue weighted by Gasteiger charge is -2.31. The first-order valence-electron chi connectivity index (χ1n) is 13.8. The zero-order chi connectivity index (χ0) is 28.2. The second-order valence-electron chi connectivity index (χ2n) is 10.1. The number of hydrogen-bond acceptors (Lipinski definition) is 5. The molecule has 40 heavy (non-hydrogen) atoms. The third-order valence-corrected chi connectivity index (χ3v) is 7.12. The van der Waals surface area contributed by atoms with Crippen LogP contribution in [-0.4, -0.2) is 48.6 Å². The fourth-order valence-electron chi connectivity index (χ4n) is 4.80. The Morgan fingerprint density at radius 3 is 2.08 bits per heavy atom. The topological polar surface area (TPSA) is 85.3 Å². The van der Waals surface area contributed by atoms with E-state index in [1.54, 1.807) is 0 Å². The van der Waals surface area contributed by atoms with Crippen LogP contribution >= 0.6 is 0 Å². The summed E-state index contributed by atoms with van der Waals surface area (Å²) in [5, 5.41) is 0. The summed E-state index contributed by atoms with van der Waals surface area (Å²) < 4.78 is 10.7. The molecular formula is C33H36N2O5. The number of hydrogen-bond donors (Lipinski definition) is 0. The van der Waals surface area contributed by atoms with Gasteiger partial charge >= 0.3 is 5.97 Å². The molecule has 0 spiro atoms. The maximum Gasteiger partial charge on any atom is 0.352 e. The molecule has 7 heteroatoms. The molecule has 2 amide bonds. The van der Waals surface area contributed by atoms with Gasteiger partial charge in [-0.1, -0.05) is 72.8 Å². The van der Waals surface area contributed by atoms with Gasteiger partial charge in [0.15, 0.2) is 0 Å². The number of carbonyl (C=O) groups excluding carboxylic acids is 3. The Kier molecular flexibility index (Phi) is 10.6. The number of aliphatic imine (C=N–C) groups is 1. The van der Waals surface area contributed by atoms with Crippen LogP contribution in [0.4, 0.5) is 0 Å². The molecule has 1 fully saturated rings. The number of esters is 1. The van der Waals surface area contributed by atoms with E-state index in [1.807, 2.05) is 89.8 Å². The molecule has 0 aromatic heterocycles. The summed E-state index contributed by atoms with van der Waals surface area (Å²) in [5.74, 6) is 0.0456. The molecule has 0 unspecified atom stereocenters. The van der Waals surface area contributed by atoms with Gasteiger partial charge in [0.25, 0.3) is 0 Å². The summed E-state index contributed by atoms with van der Waals surface area (Å²) in [6.07, 6.45) is 3.14. The highest BCUT2D eigenvalue weighted by atomic mass is 16.5. The lowest BCUT2D eigenvalue weighted by molar-refractivity contribution is -0.134. The van der Waals surface area contributed by atoms with E-state index in [0.29, 0.717) is 31.9 Å². The van der Waals surface area contributed by atoms with Crippen LogP contribution < -0.4 is 4.74 Å². The molecule has 1 aliphatic rings. The van der Waals surface area contributed by atoms with E-state index in [2.05, 4.69) is 4.99 Å². The van der Waals surface area contributed by atoms with Crippen molar-refractivity contribution in [2.24, 2.45) is 10.9 Å². The smallest absolute Gasteiger partial charge is 0.352 e. The van der Waals surface area contributed by atoms with Gasteiger partial charge in [-0.3, -0.25) is 9.59 Å². The standard InChI is InChI=1S/C33H36N2O5/c1-39-33(38)30(22-26-12-15-29(16-13-26)40-24-28-10-6-3-7-11-28)34-31(36)23-27-18-20-35(21-19-27)32(37)17-14-25-8-4-2-5-9-25/h2-13,15-16,27H,14,17-24H2,1H3. The maximum absolute atomic E-state index is 12.8. The average Bonchev–Trinajstić information content (AvgIpc) is 3.00. The van der Waals surface area contributed by atoms with Gasteiger partial charge in [0.05, 0.1) is 7.11 Å². The van der Waals surface area contributed by atoms with Gasteiger partial charge in [0, 0.05) is 32.4 Å². The Balaban J connectivity index is 1.25. The molecule has 0 atom stereocenters. The zero-order valence-electron chi connectivity index (χ0n) is 23.0. The van der Waals surface area contributed by atoms with Crippen LogP contribution in [0, 0.1) is 5.92 Å². The van der Waals surface area contributed by atoms with Crippen LogP contribution in [0.25, 0.3) is 0 Å². The largest absolute Gasteiger partial charge is 0.489 e. The van der Waals surface area contributed by atoms with Gasteiger partial charge in [0.1, 0.15) is 18.1 Å². The van der Waals surface area contributed by atoms with Crippen molar-refractivity contribution in [3.8, 4) is 5.75 Å². The van der Waals surface area contributed by atoms with Crippen molar-refractivity contribution >= 4 is 23.5 Å². The van der Waals surface area contributed by atoms with Crippen LogP contribution in [0.5, 0.6) is 5.75 Å². The summed E-state index contributed by atoms with van der Waals surface area (Å²) in [6.45, 7) is 1.74. The summed E-state index contributed by atoms with van der Waals surface area (Å²) >= 11 is 0. The number of aryl methyl sites for hydroxylation is 1. The molecule has 208 valence electrons. The van der Waals surface area contributed by atoms with Crippen molar-refractivity contribution in [2.75, 3.05) is 20.2 Å². The molecule has 7 nitrogen and oxygen atoms in total. The van der Waals surface area contributed by atoms with Crippen LogP contribution in [-0.2, 0) is 38.6 Å². The molecule has 0 saturated carbocycles. The van der Waals surface area contributed by atoms with Crippen molar-refractivity contribution in [3.05, 3.63) is 102 Å². The normalized spacial score (nSPS) is 14.0. The van der Waals surface area contributed by atoms with Gasteiger partial charge < -0.3 is 14.4 Å². The van der Waals surface area contributed by atoms with Crippen LogP contribution in [0.3, 0.4) is 0 Å². The highest BCUT2D eigenvalue weighted by molar-refractivity contribution is 6.38. The molecule has 1 heterocycles. The predicted octanol–water partition coefficient (Wildman–Crippen LogP) is 5.21. The minimum atomic E-state index is -0.614. The van der Waals surface area contributed by atoms with E-state index in [-0.39, 0.29) is 36.3 Å². The molecule has 3 aromatic carbocycles. The van der Waals surface area contributed by atoms with Crippen molar-refractivity contribution in [1.29, 1.82) is 0 Å². The SMILES string of the molecule is COC(=O)C(Cc1ccc(OCc2ccccc2)cc1)=NC(=O)CC1CCN(C(=O)CCc2ccccc2)CC1. The Morgan fingerprint density at radius 1 is 0.825 bits per heavy atom. The number of rotatable bonds is 11. The van der Waals surface area contributed by atoms with Gasteiger partial charge in [-0.2, -0.15) is 0 Å². The van der Waals surface area contributed by atoms with E-state index in [9.17, 15) is 14.4 Å². The van der Waals surface area contributed by atoms with Crippen molar-refractivity contribution in [2.45, 2.75) is 45.1 Å². The molecule has 0 radical (unpaired) electrons. The molecule has 0 bridgehead atoms. The fourth-order valence-corrected chi connectivity index (χ4v) is 4.80. The second kappa shape index (κ2) is 14.8. The average molecular weight is 541 g/mol. The van der Waals surface area contributed by atoms with E-state index in [0.717, 1.165) is 36.0 Å². The van der Waals surface area contributed by atoms with E-state index in [4.69, 9.17) is 9.47 Å². The van der Waals surface area contributed by atoms with Gasteiger partial charge in [-0.25, -0.2) is 9.79 Å². The van der Waals surface area contributed by atoms with Crippen LogP contribution in [0.2, 0.25) is 0 Å². The number of methoxy groups -OCH3 is 1. The lowest BCUT2D eigenvalue weighted by Crippen LogP contribution is -2.39. The number of benzene rings is 3. The number of nitrogens with zero attached hydrogens (tertiary/aromatic N) is 2. The number of amides is 2.